The highest BCUT2D eigenvalue weighted by atomic mass is 16.6. The van der Waals surface area contributed by atoms with E-state index in [9.17, 15) is 19.7 Å². The number of amides is 2. The molecule has 22 heavy (non-hydrogen) atoms. The fourth-order valence-electron chi connectivity index (χ4n) is 2.31. The summed E-state index contributed by atoms with van der Waals surface area (Å²) >= 11 is 0. The summed E-state index contributed by atoms with van der Waals surface area (Å²) in [6.45, 7) is 2.57. The Balaban J connectivity index is 2.06. The van der Waals surface area contributed by atoms with E-state index in [4.69, 9.17) is 0 Å². The van der Waals surface area contributed by atoms with Crippen LogP contribution in [0.3, 0.4) is 0 Å². The smallest absolute Gasteiger partial charge is 0.282 e. The van der Waals surface area contributed by atoms with Crippen LogP contribution in [0.2, 0.25) is 0 Å². The Kier molecular flexibility index (Phi) is 5.05. The minimum Gasteiger partial charge on any atom is -0.339 e. The van der Waals surface area contributed by atoms with Gasteiger partial charge in [-0.3, -0.25) is 19.7 Å². The molecule has 1 aliphatic rings. The molecule has 1 saturated heterocycles. The number of benzene rings is 1. The summed E-state index contributed by atoms with van der Waals surface area (Å²) in [4.78, 5) is 37.7. The SMILES string of the molecule is CN(CC(=O)N1CCNCC1)C(=O)c1ccccc1[N+](=O)[O-]. The number of nitrogens with zero attached hydrogens (tertiary/aromatic N) is 3. The van der Waals surface area contributed by atoms with Crippen molar-refractivity contribution in [3.63, 3.8) is 0 Å². The Bertz CT molecular complexity index is 584. The third kappa shape index (κ3) is 3.59. The van der Waals surface area contributed by atoms with E-state index in [-0.39, 0.29) is 23.7 Å². The van der Waals surface area contributed by atoms with Gasteiger partial charge in [0.25, 0.3) is 11.6 Å². The Labute approximate surface area is 127 Å². The summed E-state index contributed by atoms with van der Waals surface area (Å²) in [5, 5.41) is 14.1. The van der Waals surface area contributed by atoms with Crippen LogP contribution in [0.4, 0.5) is 5.69 Å². The summed E-state index contributed by atoms with van der Waals surface area (Å²) in [6.07, 6.45) is 0. The van der Waals surface area contributed by atoms with Gasteiger partial charge in [0.2, 0.25) is 5.91 Å². The topological polar surface area (TPSA) is 95.8 Å². The van der Waals surface area contributed by atoms with E-state index in [1.165, 1.54) is 30.1 Å². The fourth-order valence-corrected chi connectivity index (χ4v) is 2.31. The van der Waals surface area contributed by atoms with Gasteiger partial charge in [0.15, 0.2) is 0 Å². The van der Waals surface area contributed by atoms with Crippen LogP contribution in [0.5, 0.6) is 0 Å². The lowest BCUT2D eigenvalue weighted by Gasteiger charge is -2.29. The van der Waals surface area contributed by atoms with Crippen LogP contribution in [0.15, 0.2) is 24.3 Å². The van der Waals surface area contributed by atoms with E-state index in [0.29, 0.717) is 13.1 Å². The zero-order valence-electron chi connectivity index (χ0n) is 12.3. The third-order valence-corrected chi connectivity index (χ3v) is 3.52. The van der Waals surface area contributed by atoms with Gasteiger partial charge in [-0.2, -0.15) is 0 Å². The Morgan fingerprint density at radius 3 is 2.59 bits per heavy atom. The number of carbonyl (C=O) groups is 2. The van der Waals surface area contributed by atoms with Crippen molar-refractivity contribution >= 4 is 17.5 Å². The lowest BCUT2D eigenvalue weighted by atomic mass is 10.1. The minimum absolute atomic E-state index is 0.0110. The molecule has 0 spiro atoms. The summed E-state index contributed by atoms with van der Waals surface area (Å²) in [6, 6.07) is 5.73. The number of hydrogen-bond acceptors (Lipinski definition) is 5. The van der Waals surface area contributed by atoms with Gasteiger partial charge in [0.1, 0.15) is 5.56 Å². The van der Waals surface area contributed by atoms with Crippen molar-refractivity contribution < 1.29 is 14.5 Å². The number of nitro benzene ring substituents is 1. The minimum atomic E-state index is -0.598. The van der Waals surface area contributed by atoms with Crippen LogP contribution in [0.1, 0.15) is 10.4 Å². The largest absolute Gasteiger partial charge is 0.339 e. The van der Waals surface area contributed by atoms with Gasteiger partial charge in [0.05, 0.1) is 11.5 Å². The standard InChI is InChI=1S/C14H18N4O4/c1-16(10-13(19)17-8-6-15-7-9-17)14(20)11-4-2-3-5-12(11)18(21)22/h2-5,15H,6-10H2,1H3. The molecule has 8 heteroatoms. The molecule has 1 aliphatic heterocycles. The van der Waals surface area contributed by atoms with Crippen LogP contribution in [-0.4, -0.2) is 66.3 Å². The first kappa shape index (κ1) is 15.9. The normalized spacial score (nSPS) is 14.5. The highest BCUT2D eigenvalue weighted by Gasteiger charge is 2.25. The van der Waals surface area contributed by atoms with Crippen molar-refractivity contribution in [2.45, 2.75) is 0 Å². The second-order valence-electron chi connectivity index (χ2n) is 5.07. The first-order chi connectivity index (χ1) is 10.5. The summed E-state index contributed by atoms with van der Waals surface area (Å²) in [5.74, 6) is -0.688. The van der Waals surface area contributed by atoms with Crippen LogP contribution in [-0.2, 0) is 4.79 Å². The Morgan fingerprint density at radius 2 is 1.95 bits per heavy atom. The second-order valence-corrected chi connectivity index (χ2v) is 5.07. The molecule has 0 radical (unpaired) electrons. The number of nitro groups is 1. The zero-order valence-corrected chi connectivity index (χ0v) is 12.3. The van der Waals surface area contributed by atoms with E-state index in [2.05, 4.69) is 5.32 Å². The van der Waals surface area contributed by atoms with E-state index in [1.807, 2.05) is 0 Å². The van der Waals surface area contributed by atoms with Crippen molar-refractivity contribution in [2.75, 3.05) is 39.8 Å². The maximum Gasteiger partial charge on any atom is 0.282 e. The number of para-hydroxylation sites is 1. The first-order valence-corrected chi connectivity index (χ1v) is 6.98. The van der Waals surface area contributed by atoms with Crippen molar-refractivity contribution in [3.05, 3.63) is 39.9 Å². The van der Waals surface area contributed by atoms with Gasteiger partial charge in [-0.1, -0.05) is 12.1 Å². The Morgan fingerprint density at radius 1 is 1.32 bits per heavy atom. The molecule has 1 aromatic rings. The van der Waals surface area contributed by atoms with Gasteiger partial charge >= 0.3 is 0 Å². The van der Waals surface area contributed by atoms with Crippen LogP contribution in [0.25, 0.3) is 0 Å². The lowest BCUT2D eigenvalue weighted by molar-refractivity contribution is -0.385. The van der Waals surface area contributed by atoms with Gasteiger partial charge in [-0.05, 0) is 6.07 Å². The zero-order chi connectivity index (χ0) is 16.1. The summed E-state index contributed by atoms with van der Waals surface area (Å²) in [5.41, 5.74) is -0.267. The molecule has 1 aromatic carbocycles. The molecule has 0 aliphatic carbocycles. The van der Waals surface area contributed by atoms with E-state index >= 15 is 0 Å². The predicted molar refractivity (Wildman–Crippen MR) is 79.5 cm³/mol. The number of hydrogen-bond donors (Lipinski definition) is 1. The second kappa shape index (κ2) is 6.99. The quantitative estimate of drug-likeness (QED) is 0.628. The van der Waals surface area contributed by atoms with Crippen molar-refractivity contribution in [2.24, 2.45) is 0 Å². The number of rotatable bonds is 4. The maximum absolute atomic E-state index is 12.3. The number of likely N-dealkylation sites (N-methyl/N-ethyl adjacent to an activating group) is 1. The molecule has 2 rings (SSSR count). The Hall–Kier alpha value is -2.48. The molecule has 1 heterocycles. The summed E-state index contributed by atoms with van der Waals surface area (Å²) in [7, 11) is 1.47. The van der Waals surface area contributed by atoms with Crippen molar-refractivity contribution in [1.29, 1.82) is 0 Å². The molecule has 1 N–H and O–H groups in total. The van der Waals surface area contributed by atoms with Gasteiger partial charge in [-0.15, -0.1) is 0 Å². The average molecular weight is 306 g/mol. The molecule has 0 aromatic heterocycles. The first-order valence-electron chi connectivity index (χ1n) is 6.98. The number of piperazine rings is 1. The average Bonchev–Trinajstić information content (AvgIpc) is 2.54. The molecule has 0 bridgehead atoms. The van der Waals surface area contributed by atoms with Gasteiger partial charge < -0.3 is 15.1 Å². The molecule has 0 atom stereocenters. The van der Waals surface area contributed by atoms with Crippen LogP contribution < -0.4 is 5.32 Å². The molecule has 8 nitrogen and oxygen atoms in total. The van der Waals surface area contributed by atoms with E-state index in [0.717, 1.165) is 13.1 Å². The molecule has 1 fully saturated rings. The predicted octanol–water partition coefficient (Wildman–Crippen LogP) is 0.0986. The molecule has 0 unspecified atom stereocenters. The highest BCUT2D eigenvalue weighted by molar-refractivity contribution is 5.99. The maximum atomic E-state index is 12.3. The highest BCUT2D eigenvalue weighted by Crippen LogP contribution is 2.19. The van der Waals surface area contributed by atoms with Gasteiger partial charge in [0, 0.05) is 39.3 Å². The van der Waals surface area contributed by atoms with Crippen LogP contribution >= 0.6 is 0 Å². The molecular weight excluding hydrogens is 288 g/mol. The number of carbonyl (C=O) groups excluding carboxylic acids is 2. The van der Waals surface area contributed by atoms with Crippen molar-refractivity contribution in [3.8, 4) is 0 Å². The molecular formula is C14H18N4O4. The number of nitrogens with one attached hydrogen (secondary N) is 1. The third-order valence-electron chi connectivity index (χ3n) is 3.52. The summed E-state index contributed by atoms with van der Waals surface area (Å²) < 4.78 is 0. The molecule has 2 amide bonds. The fraction of sp³-hybridized carbons (Fsp3) is 0.429. The van der Waals surface area contributed by atoms with Crippen LogP contribution in [0, 0.1) is 10.1 Å². The van der Waals surface area contributed by atoms with Gasteiger partial charge in [-0.25, -0.2) is 0 Å². The monoisotopic (exact) mass is 306 g/mol. The molecule has 0 saturated carbocycles. The van der Waals surface area contributed by atoms with E-state index < -0.39 is 10.8 Å². The van der Waals surface area contributed by atoms with Crippen molar-refractivity contribution in [1.82, 2.24) is 15.1 Å². The molecule has 118 valence electrons. The van der Waals surface area contributed by atoms with E-state index in [1.54, 1.807) is 11.0 Å². The lowest BCUT2D eigenvalue weighted by Crippen LogP contribution is -2.49.